The molecule has 0 aliphatic heterocycles. The van der Waals surface area contributed by atoms with E-state index in [-0.39, 0.29) is 10.8 Å². The molecule has 1 saturated carbocycles. The molecule has 0 bridgehead atoms. The average molecular weight is 181 g/mol. The molecule has 0 saturated heterocycles. The minimum Gasteiger partial charge on any atom is -0.390 e. The fourth-order valence-corrected chi connectivity index (χ4v) is 1.97. The van der Waals surface area contributed by atoms with Crippen LogP contribution in [0.25, 0.3) is 0 Å². The Labute approximate surface area is 70.6 Å². The molecule has 1 aliphatic rings. The first kappa shape index (κ1) is 8.38. The van der Waals surface area contributed by atoms with Crippen LogP contribution in [0.2, 0.25) is 0 Å². The largest absolute Gasteiger partial charge is 0.390 e. The lowest BCUT2D eigenvalue weighted by Gasteiger charge is -2.28. The number of allylic oxidation sites excluding steroid dienone is 1. The third-order valence-corrected chi connectivity index (χ3v) is 2.53. The van der Waals surface area contributed by atoms with E-state index < -0.39 is 6.10 Å². The predicted octanol–water partition coefficient (Wildman–Crippen LogP) is 1.91. The highest BCUT2D eigenvalue weighted by atomic mass is 35.5. The van der Waals surface area contributed by atoms with Crippen molar-refractivity contribution in [3.63, 3.8) is 0 Å². The number of hydrogen-bond donors (Lipinski definition) is 1. The van der Waals surface area contributed by atoms with Gasteiger partial charge >= 0.3 is 0 Å². The van der Waals surface area contributed by atoms with E-state index in [9.17, 15) is 5.11 Å². The van der Waals surface area contributed by atoms with Crippen LogP contribution >= 0.6 is 23.2 Å². The lowest BCUT2D eigenvalue weighted by molar-refractivity contribution is 0.151. The zero-order valence-corrected chi connectivity index (χ0v) is 7.07. The number of halogens is 2. The molecule has 1 fully saturated rings. The number of alkyl halides is 2. The van der Waals surface area contributed by atoms with Crippen molar-refractivity contribution in [2.24, 2.45) is 0 Å². The topological polar surface area (TPSA) is 20.2 Å². The van der Waals surface area contributed by atoms with Crippen molar-refractivity contribution in [2.75, 3.05) is 0 Å². The molecule has 10 heavy (non-hydrogen) atoms. The predicted molar refractivity (Wildman–Crippen MR) is 43.7 cm³/mol. The van der Waals surface area contributed by atoms with E-state index >= 15 is 0 Å². The van der Waals surface area contributed by atoms with Gasteiger partial charge in [0.1, 0.15) is 0 Å². The van der Waals surface area contributed by atoms with Gasteiger partial charge in [-0.3, -0.25) is 0 Å². The molecule has 58 valence electrons. The van der Waals surface area contributed by atoms with Crippen LogP contribution in [0.1, 0.15) is 12.8 Å². The van der Waals surface area contributed by atoms with Gasteiger partial charge in [0.25, 0.3) is 0 Å². The first-order valence-corrected chi connectivity index (χ1v) is 4.11. The summed E-state index contributed by atoms with van der Waals surface area (Å²) in [6.45, 7) is 3.77. The van der Waals surface area contributed by atoms with Crippen LogP contribution in [0.5, 0.6) is 0 Å². The maximum absolute atomic E-state index is 9.26. The highest BCUT2D eigenvalue weighted by molar-refractivity contribution is 6.24. The molecule has 0 heterocycles. The number of aliphatic hydroxyl groups is 1. The molecule has 0 aromatic heterocycles. The summed E-state index contributed by atoms with van der Waals surface area (Å²) in [5.74, 6) is 0. The van der Waals surface area contributed by atoms with Gasteiger partial charge in [-0.15, -0.1) is 23.2 Å². The smallest absolute Gasteiger partial charge is 0.0873 e. The Kier molecular flexibility index (Phi) is 2.61. The van der Waals surface area contributed by atoms with E-state index in [0.717, 1.165) is 5.57 Å². The minimum atomic E-state index is -0.575. The Bertz CT molecular complexity index is 133. The van der Waals surface area contributed by atoms with E-state index in [4.69, 9.17) is 23.2 Å². The molecule has 2 unspecified atom stereocenters. The summed E-state index contributed by atoms with van der Waals surface area (Å²) in [5.41, 5.74) is 1.03. The third-order valence-electron chi connectivity index (χ3n) is 1.71. The highest BCUT2D eigenvalue weighted by Gasteiger charge is 2.30. The zero-order chi connectivity index (χ0) is 7.72. The summed E-state index contributed by atoms with van der Waals surface area (Å²) in [5, 5.41) is 8.77. The molecule has 1 rings (SSSR count). The Morgan fingerprint density at radius 2 is 1.70 bits per heavy atom. The average Bonchev–Trinajstić information content (AvgIpc) is 1.82. The second-order valence-corrected chi connectivity index (χ2v) is 3.80. The molecule has 1 nitrogen and oxygen atoms in total. The maximum atomic E-state index is 9.26. The van der Waals surface area contributed by atoms with Gasteiger partial charge in [-0.05, 0) is 12.8 Å². The Hall–Kier alpha value is 0.280. The van der Waals surface area contributed by atoms with Crippen molar-refractivity contribution in [3.05, 3.63) is 12.2 Å². The van der Waals surface area contributed by atoms with E-state index in [2.05, 4.69) is 6.58 Å². The van der Waals surface area contributed by atoms with Crippen LogP contribution < -0.4 is 0 Å². The van der Waals surface area contributed by atoms with Crippen molar-refractivity contribution in [2.45, 2.75) is 29.7 Å². The normalized spacial score (nSPS) is 41.9. The summed E-state index contributed by atoms with van der Waals surface area (Å²) in [6.07, 6.45) is 0.798. The fourth-order valence-electron chi connectivity index (χ4n) is 1.10. The minimum absolute atomic E-state index is 0.247. The second kappa shape index (κ2) is 3.12. The first-order chi connectivity index (χ1) is 4.61. The summed E-state index contributed by atoms with van der Waals surface area (Å²) in [4.78, 5) is 0. The highest BCUT2D eigenvalue weighted by Crippen LogP contribution is 2.29. The quantitative estimate of drug-likeness (QED) is 0.447. The molecular weight excluding hydrogens is 171 g/mol. The summed E-state index contributed by atoms with van der Waals surface area (Å²) in [7, 11) is 0. The molecule has 0 radical (unpaired) electrons. The molecule has 0 amide bonds. The van der Waals surface area contributed by atoms with Gasteiger partial charge in [0.2, 0.25) is 0 Å². The van der Waals surface area contributed by atoms with Crippen LogP contribution in [0.3, 0.4) is 0 Å². The van der Waals surface area contributed by atoms with Gasteiger partial charge < -0.3 is 5.11 Å². The standard InChI is InChI=1S/C7H10Cl2O/c1-4-2-5(8)7(10)6(9)3-4/h5-7,10H,1-3H2. The van der Waals surface area contributed by atoms with Crippen molar-refractivity contribution in [1.29, 1.82) is 0 Å². The van der Waals surface area contributed by atoms with Gasteiger partial charge in [0.05, 0.1) is 16.9 Å². The van der Waals surface area contributed by atoms with Crippen LogP contribution in [0.4, 0.5) is 0 Å². The summed E-state index contributed by atoms with van der Waals surface area (Å²) in [6, 6.07) is 0. The first-order valence-electron chi connectivity index (χ1n) is 3.24. The van der Waals surface area contributed by atoms with Crippen molar-refractivity contribution in [3.8, 4) is 0 Å². The Morgan fingerprint density at radius 3 is 2.10 bits per heavy atom. The molecule has 0 aromatic carbocycles. The van der Waals surface area contributed by atoms with Crippen molar-refractivity contribution >= 4 is 23.2 Å². The molecular formula is C7H10Cl2O. The molecule has 3 heteroatoms. The molecule has 2 atom stereocenters. The zero-order valence-electron chi connectivity index (χ0n) is 5.56. The Morgan fingerprint density at radius 1 is 1.30 bits per heavy atom. The SMILES string of the molecule is C=C1CC(Cl)C(O)C(Cl)C1. The molecule has 1 aliphatic carbocycles. The van der Waals surface area contributed by atoms with E-state index in [1.165, 1.54) is 0 Å². The maximum Gasteiger partial charge on any atom is 0.0873 e. The van der Waals surface area contributed by atoms with Gasteiger partial charge in [0, 0.05) is 0 Å². The number of hydrogen-bond acceptors (Lipinski definition) is 1. The van der Waals surface area contributed by atoms with Gasteiger partial charge in [0.15, 0.2) is 0 Å². The van der Waals surface area contributed by atoms with Crippen LogP contribution in [-0.2, 0) is 0 Å². The van der Waals surface area contributed by atoms with Crippen molar-refractivity contribution < 1.29 is 5.11 Å². The van der Waals surface area contributed by atoms with Gasteiger partial charge in [-0.2, -0.15) is 0 Å². The monoisotopic (exact) mass is 180 g/mol. The lowest BCUT2D eigenvalue weighted by atomic mass is 9.93. The van der Waals surface area contributed by atoms with E-state index in [1.54, 1.807) is 0 Å². The van der Waals surface area contributed by atoms with E-state index in [1.807, 2.05) is 0 Å². The lowest BCUT2D eigenvalue weighted by Crippen LogP contribution is -2.35. The number of rotatable bonds is 0. The van der Waals surface area contributed by atoms with Crippen LogP contribution in [-0.4, -0.2) is 22.0 Å². The molecule has 1 N–H and O–H groups in total. The van der Waals surface area contributed by atoms with E-state index in [0.29, 0.717) is 12.8 Å². The second-order valence-electron chi connectivity index (χ2n) is 2.68. The van der Waals surface area contributed by atoms with Gasteiger partial charge in [-0.25, -0.2) is 0 Å². The van der Waals surface area contributed by atoms with Crippen LogP contribution in [0.15, 0.2) is 12.2 Å². The van der Waals surface area contributed by atoms with Gasteiger partial charge in [-0.1, -0.05) is 12.2 Å². The Balaban J connectivity index is 2.57. The molecule has 0 spiro atoms. The third kappa shape index (κ3) is 1.66. The summed E-state index contributed by atoms with van der Waals surface area (Å²) < 4.78 is 0. The van der Waals surface area contributed by atoms with Crippen molar-refractivity contribution in [1.82, 2.24) is 0 Å². The summed E-state index contributed by atoms with van der Waals surface area (Å²) >= 11 is 11.5. The number of aliphatic hydroxyl groups excluding tert-OH is 1. The fraction of sp³-hybridized carbons (Fsp3) is 0.714. The van der Waals surface area contributed by atoms with Crippen LogP contribution in [0, 0.1) is 0 Å². The molecule has 0 aromatic rings.